The van der Waals surface area contributed by atoms with Gasteiger partial charge in [0.25, 0.3) is 0 Å². The Hall–Kier alpha value is 0.827. The van der Waals surface area contributed by atoms with Gasteiger partial charge in [0.1, 0.15) is 0 Å². The summed E-state index contributed by atoms with van der Waals surface area (Å²) in [4.78, 5) is 0. The molecule has 0 aromatic carbocycles. The van der Waals surface area contributed by atoms with Crippen molar-refractivity contribution in [1.29, 1.82) is 0 Å². The van der Waals surface area contributed by atoms with Crippen molar-refractivity contribution in [1.82, 2.24) is 0 Å². The molecule has 0 aromatic heterocycles. The van der Waals surface area contributed by atoms with Crippen molar-refractivity contribution in [2.24, 2.45) is 0 Å². The molecule has 0 atom stereocenters. The Morgan fingerprint density at radius 1 is 0.800 bits per heavy atom. The van der Waals surface area contributed by atoms with Gasteiger partial charge >= 0.3 is 8.80 Å². The number of rotatable bonds is 7. The number of hydrogen-bond donors (Lipinski definition) is 0. The van der Waals surface area contributed by atoms with Crippen molar-refractivity contribution in [3.05, 3.63) is 0 Å². The van der Waals surface area contributed by atoms with E-state index in [1.54, 1.807) is 0 Å². The van der Waals surface area contributed by atoms with Crippen molar-refractivity contribution < 1.29 is 13.3 Å². The molecule has 0 heterocycles. The predicted molar refractivity (Wildman–Crippen MR) is 73.3 cm³/mol. The van der Waals surface area contributed by atoms with E-state index in [-0.39, 0.29) is 18.3 Å². The van der Waals surface area contributed by atoms with Crippen LogP contribution in [0.1, 0.15) is 41.5 Å². The van der Waals surface area contributed by atoms with Gasteiger partial charge in [-0.2, -0.15) is 0 Å². The lowest BCUT2D eigenvalue weighted by Gasteiger charge is -2.33. The maximum absolute atomic E-state index is 5.90. The third-order valence-corrected chi connectivity index (χ3v) is 7.03. The Morgan fingerprint density at radius 2 is 1.07 bits per heavy atom. The molecule has 0 spiro atoms. The van der Waals surface area contributed by atoms with Crippen LogP contribution in [0.25, 0.3) is 0 Å². The average Bonchev–Trinajstić information content (AvgIpc) is 1.99. The molecular weight excluding hydrogens is 323 g/mol. The summed E-state index contributed by atoms with van der Waals surface area (Å²) >= 11 is 2.29. The van der Waals surface area contributed by atoms with E-state index in [0.717, 1.165) is 4.05 Å². The van der Waals surface area contributed by atoms with Crippen LogP contribution in [-0.2, 0) is 13.3 Å². The van der Waals surface area contributed by atoms with Crippen molar-refractivity contribution >= 4 is 31.4 Å². The molecule has 0 aromatic rings. The quantitative estimate of drug-likeness (QED) is 0.403. The normalized spacial score (nSPS) is 13.2. The monoisotopic (exact) mass is 346 g/mol. The molecule has 0 aliphatic rings. The van der Waals surface area contributed by atoms with E-state index in [2.05, 4.69) is 22.6 Å². The van der Waals surface area contributed by atoms with Crippen molar-refractivity contribution in [2.75, 3.05) is 4.05 Å². The zero-order valence-electron chi connectivity index (χ0n) is 10.5. The summed E-state index contributed by atoms with van der Waals surface area (Å²) in [7, 11) is -2.47. The highest BCUT2D eigenvalue weighted by Gasteiger charge is 2.43. The molecule has 0 rings (SSSR count). The van der Waals surface area contributed by atoms with Crippen LogP contribution >= 0.6 is 22.6 Å². The fraction of sp³-hybridized carbons (Fsp3) is 1.00. The highest BCUT2D eigenvalue weighted by molar-refractivity contribution is 14.1. The van der Waals surface area contributed by atoms with Gasteiger partial charge < -0.3 is 13.3 Å². The van der Waals surface area contributed by atoms with Gasteiger partial charge in [-0.25, -0.2) is 0 Å². The van der Waals surface area contributed by atoms with Gasteiger partial charge in [-0.1, -0.05) is 22.6 Å². The summed E-state index contributed by atoms with van der Waals surface area (Å²) in [5.74, 6) is 0. The summed E-state index contributed by atoms with van der Waals surface area (Å²) in [6, 6.07) is 0. The smallest absolute Gasteiger partial charge is 0.370 e. The topological polar surface area (TPSA) is 27.7 Å². The minimum absolute atomic E-state index is 0.143. The van der Waals surface area contributed by atoms with Crippen LogP contribution in [0.2, 0.25) is 0 Å². The van der Waals surface area contributed by atoms with Gasteiger partial charge in [-0.3, -0.25) is 0 Å². The molecule has 0 aliphatic carbocycles. The van der Waals surface area contributed by atoms with Crippen LogP contribution in [0, 0.1) is 0 Å². The largest absolute Gasteiger partial charge is 0.511 e. The second-order valence-corrected chi connectivity index (χ2v) is 8.95. The molecule has 0 aliphatic heterocycles. The molecular formula is C10H23IO3Si. The second-order valence-electron chi connectivity index (χ2n) is 4.32. The van der Waals surface area contributed by atoms with E-state index in [0.29, 0.717) is 0 Å². The van der Waals surface area contributed by atoms with Crippen LogP contribution in [-0.4, -0.2) is 31.2 Å². The van der Waals surface area contributed by atoms with Crippen LogP contribution in [0.3, 0.4) is 0 Å². The molecule has 15 heavy (non-hydrogen) atoms. The second kappa shape index (κ2) is 7.21. The Morgan fingerprint density at radius 3 is 1.20 bits per heavy atom. The molecule has 5 heteroatoms. The maximum Gasteiger partial charge on any atom is 0.511 e. The first-order chi connectivity index (χ1) is 6.81. The zero-order chi connectivity index (χ0) is 12.1. The lowest BCUT2D eigenvalue weighted by atomic mass is 10.5. The molecule has 0 N–H and O–H groups in total. The van der Waals surface area contributed by atoms with Crippen LogP contribution in [0.15, 0.2) is 0 Å². The van der Waals surface area contributed by atoms with Gasteiger partial charge in [0.05, 0.1) is 4.05 Å². The summed E-state index contributed by atoms with van der Waals surface area (Å²) in [5, 5.41) is 0. The minimum Gasteiger partial charge on any atom is -0.370 e. The van der Waals surface area contributed by atoms with E-state index < -0.39 is 8.80 Å². The zero-order valence-corrected chi connectivity index (χ0v) is 13.7. The number of halogens is 1. The number of alkyl halides is 1. The van der Waals surface area contributed by atoms with Gasteiger partial charge in [0.2, 0.25) is 0 Å². The number of hydrogen-bond acceptors (Lipinski definition) is 3. The van der Waals surface area contributed by atoms with E-state index in [1.165, 1.54) is 0 Å². The molecule has 0 saturated carbocycles. The van der Waals surface area contributed by atoms with Crippen molar-refractivity contribution in [3.63, 3.8) is 0 Å². The Labute approximate surface area is 108 Å². The Bertz CT molecular complexity index is 148. The lowest BCUT2D eigenvalue weighted by Crippen LogP contribution is -2.52. The highest BCUT2D eigenvalue weighted by atomic mass is 127. The van der Waals surface area contributed by atoms with E-state index >= 15 is 0 Å². The van der Waals surface area contributed by atoms with Gasteiger partial charge in [-0.15, -0.1) is 0 Å². The van der Waals surface area contributed by atoms with Gasteiger partial charge in [0.15, 0.2) is 0 Å². The third-order valence-electron chi connectivity index (χ3n) is 1.41. The minimum atomic E-state index is -2.47. The SMILES string of the molecule is CC(C)O[Si](CI)(OC(C)C)OC(C)C. The summed E-state index contributed by atoms with van der Waals surface area (Å²) in [6.45, 7) is 12.1. The van der Waals surface area contributed by atoms with Crippen LogP contribution < -0.4 is 0 Å². The highest BCUT2D eigenvalue weighted by Crippen LogP contribution is 2.19. The molecule has 0 amide bonds. The van der Waals surface area contributed by atoms with E-state index in [9.17, 15) is 0 Å². The molecule has 0 fully saturated rings. The molecule has 3 nitrogen and oxygen atoms in total. The Kier molecular flexibility index (Phi) is 7.61. The first-order valence-electron chi connectivity index (χ1n) is 5.40. The van der Waals surface area contributed by atoms with Crippen molar-refractivity contribution in [3.8, 4) is 0 Å². The molecule has 0 bridgehead atoms. The van der Waals surface area contributed by atoms with Crippen LogP contribution in [0.5, 0.6) is 0 Å². The van der Waals surface area contributed by atoms with Crippen molar-refractivity contribution in [2.45, 2.75) is 59.9 Å². The van der Waals surface area contributed by atoms with Gasteiger partial charge in [0, 0.05) is 18.3 Å². The first kappa shape index (κ1) is 15.8. The van der Waals surface area contributed by atoms with E-state index in [1.807, 2.05) is 41.5 Å². The Balaban J connectivity index is 4.59. The molecule has 92 valence electrons. The third kappa shape index (κ3) is 6.88. The summed E-state index contributed by atoms with van der Waals surface area (Å²) in [5.41, 5.74) is 0. The fourth-order valence-electron chi connectivity index (χ4n) is 1.26. The molecule has 0 radical (unpaired) electrons. The summed E-state index contributed by atoms with van der Waals surface area (Å²) in [6.07, 6.45) is 0.428. The maximum atomic E-state index is 5.90. The molecule has 0 saturated heterocycles. The lowest BCUT2D eigenvalue weighted by molar-refractivity contribution is 0.00873. The standard InChI is InChI=1S/C10H23IO3Si/c1-8(2)12-15(7-11,13-9(3)4)14-10(5)6/h8-10H,7H2,1-6H3. The first-order valence-corrected chi connectivity index (χ1v) is 8.86. The fourth-order valence-corrected chi connectivity index (χ4v) is 5.38. The average molecular weight is 346 g/mol. The van der Waals surface area contributed by atoms with E-state index in [4.69, 9.17) is 13.3 Å². The molecule has 0 unspecified atom stereocenters. The van der Waals surface area contributed by atoms with Gasteiger partial charge in [-0.05, 0) is 41.5 Å². The van der Waals surface area contributed by atoms with Crippen LogP contribution in [0.4, 0.5) is 0 Å². The predicted octanol–water partition coefficient (Wildman–Crippen LogP) is 3.17. The summed E-state index contributed by atoms with van der Waals surface area (Å²) < 4.78 is 18.5.